The number of amides is 1. The van der Waals surface area contributed by atoms with Crippen molar-refractivity contribution in [1.82, 2.24) is 5.32 Å². The van der Waals surface area contributed by atoms with E-state index in [1.807, 2.05) is 0 Å². The van der Waals surface area contributed by atoms with Crippen LogP contribution < -0.4 is 11.1 Å². The zero-order valence-corrected chi connectivity index (χ0v) is 10.3. The van der Waals surface area contributed by atoms with Crippen molar-refractivity contribution in [1.29, 1.82) is 0 Å². The van der Waals surface area contributed by atoms with E-state index in [-0.39, 0.29) is 5.91 Å². The average molecular weight is 224 g/mol. The van der Waals surface area contributed by atoms with Gasteiger partial charge in [-0.3, -0.25) is 4.79 Å². The highest BCUT2D eigenvalue weighted by molar-refractivity contribution is 5.86. The predicted octanol–water partition coefficient (Wildman–Crippen LogP) is 1.95. The number of hydrogen-bond donors (Lipinski definition) is 2. The molecule has 2 saturated carbocycles. The molecule has 0 heterocycles. The van der Waals surface area contributed by atoms with Crippen LogP contribution in [0.4, 0.5) is 0 Å². The molecule has 0 spiro atoms. The van der Waals surface area contributed by atoms with E-state index in [1.165, 1.54) is 12.8 Å². The van der Waals surface area contributed by atoms with Gasteiger partial charge in [-0.25, -0.2) is 0 Å². The summed E-state index contributed by atoms with van der Waals surface area (Å²) < 4.78 is 0. The smallest absolute Gasteiger partial charge is 0.240 e. The second kappa shape index (κ2) is 4.74. The minimum Gasteiger partial charge on any atom is -0.352 e. The van der Waals surface area contributed by atoms with E-state index >= 15 is 0 Å². The Labute approximate surface area is 98.2 Å². The van der Waals surface area contributed by atoms with Crippen LogP contribution in [0.3, 0.4) is 0 Å². The minimum atomic E-state index is -0.553. The first-order valence-electron chi connectivity index (χ1n) is 6.70. The molecule has 2 aliphatic rings. The number of carbonyl (C=O) groups excluding carboxylic acids is 1. The molecule has 2 aliphatic carbocycles. The molecular formula is C13H24N2O. The largest absolute Gasteiger partial charge is 0.352 e. The molecule has 0 aromatic rings. The van der Waals surface area contributed by atoms with Crippen LogP contribution >= 0.6 is 0 Å². The summed E-state index contributed by atoms with van der Waals surface area (Å²) in [6, 6.07) is 0.379. The predicted molar refractivity (Wildman–Crippen MR) is 64.9 cm³/mol. The van der Waals surface area contributed by atoms with Crippen molar-refractivity contribution in [3.63, 3.8) is 0 Å². The number of rotatable bonds is 2. The van der Waals surface area contributed by atoms with Gasteiger partial charge in [0.15, 0.2) is 0 Å². The number of nitrogens with two attached hydrogens (primary N) is 1. The SMILES string of the molecule is CC1CCC(NC(=O)C2(N)CCCC2)CC1. The quantitative estimate of drug-likeness (QED) is 0.753. The van der Waals surface area contributed by atoms with Crippen LogP contribution in [-0.4, -0.2) is 17.5 Å². The van der Waals surface area contributed by atoms with Crippen LogP contribution in [0.25, 0.3) is 0 Å². The van der Waals surface area contributed by atoms with Crippen LogP contribution in [0.5, 0.6) is 0 Å². The molecule has 1 amide bonds. The molecule has 2 fully saturated rings. The lowest BCUT2D eigenvalue weighted by Crippen LogP contribution is -2.54. The third-order valence-electron chi connectivity index (χ3n) is 4.30. The van der Waals surface area contributed by atoms with Gasteiger partial charge in [0, 0.05) is 6.04 Å². The van der Waals surface area contributed by atoms with Gasteiger partial charge in [0.2, 0.25) is 5.91 Å². The molecule has 3 heteroatoms. The maximum absolute atomic E-state index is 12.1. The Morgan fingerprint density at radius 2 is 1.75 bits per heavy atom. The van der Waals surface area contributed by atoms with E-state index < -0.39 is 5.54 Å². The van der Waals surface area contributed by atoms with Crippen LogP contribution in [0.1, 0.15) is 58.3 Å². The van der Waals surface area contributed by atoms with Gasteiger partial charge < -0.3 is 11.1 Å². The Kier molecular flexibility index (Phi) is 3.53. The summed E-state index contributed by atoms with van der Waals surface area (Å²) in [5.41, 5.74) is 5.58. The van der Waals surface area contributed by atoms with Crippen LogP contribution in [0.15, 0.2) is 0 Å². The fourth-order valence-corrected chi connectivity index (χ4v) is 2.97. The summed E-state index contributed by atoms with van der Waals surface area (Å²) in [6.07, 6.45) is 8.66. The van der Waals surface area contributed by atoms with Crippen molar-refractivity contribution in [2.45, 2.75) is 69.9 Å². The number of hydrogen-bond acceptors (Lipinski definition) is 2. The molecule has 16 heavy (non-hydrogen) atoms. The molecule has 3 N–H and O–H groups in total. The Hall–Kier alpha value is -0.570. The Morgan fingerprint density at radius 3 is 2.31 bits per heavy atom. The Balaban J connectivity index is 1.83. The van der Waals surface area contributed by atoms with Crippen molar-refractivity contribution >= 4 is 5.91 Å². The lowest BCUT2D eigenvalue weighted by atomic mass is 9.86. The highest BCUT2D eigenvalue weighted by Crippen LogP contribution is 2.29. The summed E-state index contributed by atoms with van der Waals surface area (Å²) in [6.45, 7) is 2.29. The second-order valence-electron chi connectivity index (χ2n) is 5.79. The molecule has 2 rings (SSSR count). The van der Waals surface area contributed by atoms with Gasteiger partial charge in [-0.05, 0) is 44.4 Å². The molecule has 0 saturated heterocycles. The molecule has 3 nitrogen and oxygen atoms in total. The lowest BCUT2D eigenvalue weighted by Gasteiger charge is -2.30. The Bertz CT molecular complexity index is 251. The van der Waals surface area contributed by atoms with Crippen LogP contribution in [0, 0.1) is 5.92 Å². The summed E-state index contributed by atoms with van der Waals surface area (Å²) in [5.74, 6) is 0.927. The van der Waals surface area contributed by atoms with E-state index in [0.29, 0.717) is 6.04 Å². The van der Waals surface area contributed by atoms with Gasteiger partial charge in [-0.2, -0.15) is 0 Å². The first kappa shape index (κ1) is 11.9. The summed E-state index contributed by atoms with van der Waals surface area (Å²) in [5, 5.41) is 3.16. The van der Waals surface area contributed by atoms with Gasteiger partial charge in [-0.15, -0.1) is 0 Å². The van der Waals surface area contributed by atoms with Gasteiger partial charge in [-0.1, -0.05) is 19.8 Å². The van der Waals surface area contributed by atoms with E-state index in [2.05, 4.69) is 12.2 Å². The Morgan fingerprint density at radius 1 is 1.19 bits per heavy atom. The molecule has 0 unspecified atom stereocenters. The second-order valence-corrected chi connectivity index (χ2v) is 5.79. The first-order chi connectivity index (χ1) is 7.60. The number of carbonyl (C=O) groups is 1. The minimum absolute atomic E-state index is 0.101. The van der Waals surface area contributed by atoms with Crippen molar-refractivity contribution in [3.05, 3.63) is 0 Å². The zero-order chi connectivity index (χ0) is 11.6. The van der Waals surface area contributed by atoms with Crippen molar-refractivity contribution in [2.75, 3.05) is 0 Å². The third-order valence-corrected chi connectivity index (χ3v) is 4.30. The molecule has 0 atom stereocenters. The lowest BCUT2D eigenvalue weighted by molar-refractivity contribution is -0.127. The van der Waals surface area contributed by atoms with Crippen LogP contribution in [-0.2, 0) is 4.79 Å². The number of nitrogens with one attached hydrogen (secondary N) is 1. The van der Waals surface area contributed by atoms with Crippen molar-refractivity contribution < 1.29 is 4.79 Å². The highest BCUT2D eigenvalue weighted by Gasteiger charge is 2.38. The maximum atomic E-state index is 12.1. The summed E-state index contributed by atoms with van der Waals surface area (Å²) in [7, 11) is 0. The van der Waals surface area contributed by atoms with E-state index in [9.17, 15) is 4.79 Å². The molecule has 0 aliphatic heterocycles. The van der Waals surface area contributed by atoms with Gasteiger partial charge in [0.05, 0.1) is 5.54 Å². The van der Waals surface area contributed by atoms with E-state index in [0.717, 1.165) is 44.4 Å². The zero-order valence-electron chi connectivity index (χ0n) is 10.3. The monoisotopic (exact) mass is 224 g/mol. The molecule has 0 aromatic heterocycles. The molecule has 92 valence electrons. The normalized spacial score (nSPS) is 33.6. The average Bonchev–Trinajstić information content (AvgIpc) is 2.70. The molecule has 0 aromatic carbocycles. The molecule has 0 bridgehead atoms. The van der Waals surface area contributed by atoms with Crippen molar-refractivity contribution in [3.8, 4) is 0 Å². The topological polar surface area (TPSA) is 55.1 Å². The van der Waals surface area contributed by atoms with E-state index in [4.69, 9.17) is 5.73 Å². The van der Waals surface area contributed by atoms with Crippen molar-refractivity contribution in [2.24, 2.45) is 11.7 Å². The van der Waals surface area contributed by atoms with Gasteiger partial charge in [0.25, 0.3) is 0 Å². The van der Waals surface area contributed by atoms with Gasteiger partial charge in [0.1, 0.15) is 0 Å². The fourth-order valence-electron chi connectivity index (χ4n) is 2.97. The fraction of sp³-hybridized carbons (Fsp3) is 0.923. The molecular weight excluding hydrogens is 200 g/mol. The van der Waals surface area contributed by atoms with Gasteiger partial charge >= 0.3 is 0 Å². The highest BCUT2D eigenvalue weighted by atomic mass is 16.2. The summed E-state index contributed by atoms with van der Waals surface area (Å²) in [4.78, 5) is 12.1. The first-order valence-corrected chi connectivity index (χ1v) is 6.70. The summed E-state index contributed by atoms with van der Waals surface area (Å²) >= 11 is 0. The molecule has 0 radical (unpaired) electrons. The maximum Gasteiger partial charge on any atom is 0.240 e. The van der Waals surface area contributed by atoms with E-state index in [1.54, 1.807) is 0 Å². The van der Waals surface area contributed by atoms with Crippen LogP contribution in [0.2, 0.25) is 0 Å². The third kappa shape index (κ3) is 2.57. The standard InChI is InChI=1S/C13H24N2O/c1-10-4-6-11(7-5-10)15-12(16)13(14)8-2-3-9-13/h10-11H,2-9,14H2,1H3,(H,15,16).